The van der Waals surface area contributed by atoms with E-state index in [0.717, 1.165) is 39.1 Å². The molecule has 3 aromatic rings. The lowest BCUT2D eigenvalue weighted by atomic mass is 9.90. The van der Waals surface area contributed by atoms with E-state index < -0.39 is 23.8 Å². The number of methoxy groups -OCH3 is 1. The van der Waals surface area contributed by atoms with Crippen LogP contribution in [0.2, 0.25) is 0 Å². The molecule has 9 nitrogen and oxygen atoms in total. The zero-order chi connectivity index (χ0) is 30.8. The lowest BCUT2D eigenvalue weighted by Gasteiger charge is -2.33. The smallest absolute Gasteiger partial charge is 0.326 e. The molecule has 2 aliphatic heterocycles. The summed E-state index contributed by atoms with van der Waals surface area (Å²) in [5, 5.41) is 6.25. The topological polar surface area (TPSA) is 100 Å². The van der Waals surface area contributed by atoms with Crippen LogP contribution in [0.15, 0.2) is 48.5 Å². The van der Waals surface area contributed by atoms with Crippen LogP contribution in [0.25, 0.3) is 22.3 Å². The maximum atomic E-state index is 15.5. The van der Waals surface area contributed by atoms with E-state index in [9.17, 15) is 14.4 Å². The van der Waals surface area contributed by atoms with E-state index in [0.29, 0.717) is 42.3 Å². The Bertz CT molecular complexity index is 1570. The van der Waals surface area contributed by atoms with Gasteiger partial charge in [-0.1, -0.05) is 30.3 Å². The number of benzene rings is 3. The molecule has 2 fully saturated rings. The van der Waals surface area contributed by atoms with Crippen molar-refractivity contribution in [3.05, 3.63) is 71.0 Å². The number of nitrogens with one attached hydrogen (secondary N) is 2. The number of nitrogens with zero attached hydrogens (tertiary/aromatic N) is 2. The molecule has 43 heavy (non-hydrogen) atoms. The minimum Gasteiger partial charge on any atom is -0.496 e. The zero-order valence-electron chi connectivity index (χ0n) is 25.1. The van der Waals surface area contributed by atoms with Crippen LogP contribution in [0.5, 0.6) is 5.75 Å². The van der Waals surface area contributed by atoms with Crippen molar-refractivity contribution >= 4 is 23.5 Å². The molecule has 2 unspecified atom stereocenters. The van der Waals surface area contributed by atoms with Crippen molar-refractivity contribution in [1.29, 1.82) is 0 Å². The molecule has 2 N–H and O–H groups in total. The first-order valence-corrected chi connectivity index (χ1v) is 14.3. The van der Waals surface area contributed by atoms with E-state index >= 15 is 4.39 Å². The van der Waals surface area contributed by atoms with Gasteiger partial charge in [0.05, 0.1) is 13.7 Å². The molecule has 5 rings (SSSR count). The Morgan fingerprint density at radius 3 is 2.44 bits per heavy atom. The minimum absolute atomic E-state index is 0.0115. The van der Waals surface area contributed by atoms with Gasteiger partial charge in [-0.15, -0.1) is 0 Å². The van der Waals surface area contributed by atoms with E-state index in [-0.39, 0.29) is 18.4 Å². The van der Waals surface area contributed by atoms with Gasteiger partial charge in [-0.05, 0) is 71.8 Å². The summed E-state index contributed by atoms with van der Waals surface area (Å²) in [4.78, 5) is 40.3. The van der Waals surface area contributed by atoms with Gasteiger partial charge < -0.3 is 25.0 Å². The molecule has 0 saturated carbocycles. The van der Waals surface area contributed by atoms with Gasteiger partial charge in [-0.3, -0.25) is 14.5 Å². The summed E-state index contributed by atoms with van der Waals surface area (Å²) in [5.74, 6) is -1.88. The molecule has 0 aliphatic carbocycles. The Hall–Kier alpha value is -4.28. The van der Waals surface area contributed by atoms with Crippen molar-refractivity contribution in [2.45, 2.75) is 32.9 Å². The van der Waals surface area contributed by atoms with Crippen LogP contribution in [0, 0.1) is 25.6 Å². The first kappa shape index (κ1) is 30.2. The van der Waals surface area contributed by atoms with Crippen LogP contribution >= 0.6 is 0 Å². The summed E-state index contributed by atoms with van der Waals surface area (Å²) in [6.45, 7) is 5.57. The van der Waals surface area contributed by atoms with Gasteiger partial charge in [0.25, 0.3) is 0 Å². The SMILES string of the molecule is COc1cc(-c2cccc(-c3cccc(NC(=O)C4CN(C)C(=O)N(C)C4=O)c3C)c2C)cc(F)c1CNC1CCOC1. The van der Waals surface area contributed by atoms with Gasteiger partial charge in [0.15, 0.2) is 0 Å². The van der Waals surface area contributed by atoms with Crippen molar-refractivity contribution in [2.24, 2.45) is 5.92 Å². The minimum atomic E-state index is -1.00. The molecule has 3 aromatic carbocycles. The number of carbonyl (C=O) groups is 3. The monoisotopic (exact) mass is 588 g/mol. The Morgan fingerprint density at radius 1 is 1.05 bits per heavy atom. The summed E-state index contributed by atoms with van der Waals surface area (Å²) in [6, 6.07) is 14.6. The fourth-order valence-corrected chi connectivity index (χ4v) is 5.79. The number of hydrogen-bond donors (Lipinski definition) is 2. The van der Waals surface area contributed by atoms with Gasteiger partial charge in [0.2, 0.25) is 11.8 Å². The molecular formula is C33H37FN4O5. The predicted octanol–water partition coefficient (Wildman–Crippen LogP) is 4.74. The maximum absolute atomic E-state index is 15.5. The summed E-state index contributed by atoms with van der Waals surface area (Å²) < 4.78 is 26.5. The van der Waals surface area contributed by atoms with Crippen LogP contribution in [-0.4, -0.2) is 74.7 Å². The number of rotatable bonds is 8. The van der Waals surface area contributed by atoms with Gasteiger partial charge in [0, 0.05) is 51.1 Å². The number of ether oxygens (including phenoxy) is 2. The molecular weight excluding hydrogens is 551 g/mol. The van der Waals surface area contributed by atoms with Gasteiger partial charge in [-0.25, -0.2) is 9.18 Å². The number of urea groups is 1. The Balaban J connectivity index is 1.42. The van der Waals surface area contributed by atoms with Crippen molar-refractivity contribution in [3.63, 3.8) is 0 Å². The molecule has 2 saturated heterocycles. The number of hydrogen-bond acceptors (Lipinski definition) is 6. The molecule has 0 aromatic heterocycles. The third-order valence-electron chi connectivity index (χ3n) is 8.41. The summed E-state index contributed by atoms with van der Waals surface area (Å²) >= 11 is 0. The third kappa shape index (κ3) is 5.98. The van der Waals surface area contributed by atoms with Gasteiger partial charge in [0.1, 0.15) is 17.5 Å². The molecule has 0 spiro atoms. The fraction of sp³-hybridized carbons (Fsp3) is 0.364. The highest BCUT2D eigenvalue weighted by molar-refractivity contribution is 6.12. The molecule has 2 atom stereocenters. The highest BCUT2D eigenvalue weighted by atomic mass is 19.1. The second-order valence-corrected chi connectivity index (χ2v) is 11.1. The lowest BCUT2D eigenvalue weighted by molar-refractivity contribution is -0.140. The molecule has 2 heterocycles. The van der Waals surface area contributed by atoms with Crippen molar-refractivity contribution in [2.75, 3.05) is 46.3 Å². The Morgan fingerprint density at radius 2 is 1.74 bits per heavy atom. The predicted molar refractivity (Wildman–Crippen MR) is 162 cm³/mol. The maximum Gasteiger partial charge on any atom is 0.326 e. The van der Waals surface area contributed by atoms with E-state index in [4.69, 9.17) is 9.47 Å². The van der Waals surface area contributed by atoms with Crippen molar-refractivity contribution in [3.8, 4) is 28.0 Å². The van der Waals surface area contributed by atoms with Crippen LogP contribution < -0.4 is 15.4 Å². The quantitative estimate of drug-likeness (QED) is 0.369. The van der Waals surface area contributed by atoms with Crippen molar-refractivity contribution < 1.29 is 28.2 Å². The van der Waals surface area contributed by atoms with E-state index in [2.05, 4.69) is 10.6 Å². The normalized spacial score (nSPS) is 18.7. The fourth-order valence-electron chi connectivity index (χ4n) is 5.79. The largest absolute Gasteiger partial charge is 0.496 e. The Labute approximate surface area is 251 Å². The van der Waals surface area contributed by atoms with Gasteiger partial charge >= 0.3 is 6.03 Å². The van der Waals surface area contributed by atoms with Crippen LogP contribution in [-0.2, 0) is 20.9 Å². The molecule has 0 radical (unpaired) electrons. The number of carbonyl (C=O) groups excluding carboxylic acids is 3. The average Bonchev–Trinajstić information content (AvgIpc) is 3.52. The lowest BCUT2D eigenvalue weighted by Crippen LogP contribution is -2.56. The zero-order valence-corrected chi connectivity index (χ0v) is 25.1. The number of anilines is 1. The van der Waals surface area contributed by atoms with Crippen LogP contribution in [0.3, 0.4) is 0 Å². The highest BCUT2D eigenvalue weighted by Gasteiger charge is 2.39. The first-order valence-electron chi connectivity index (χ1n) is 14.3. The van der Waals surface area contributed by atoms with E-state index in [1.807, 2.05) is 50.2 Å². The molecule has 226 valence electrons. The van der Waals surface area contributed by atoms with Crippen LogP contribution in [0.1, 0.15) is 23.1 Å². The standard InChI is InChI=1S/C33H37FN4O5/c1-19-23(21-14-28(34)26(30(15-21)42-5)16-35-22-12-13-43-18-22)8-6-9-24(19)25-10-7-11-29(20(25)2)36-31(39)27-17-37(3)33(41)38(4)32(27)40/h6-11,14-15,22,27,35H,12-13,16-18H2,1-5H3,(H,36,39). The van der Waals surface area contributed by atoms with Crippen molar-refractivity contribution in [1.82, 2.24) is 15.1 Å². The van der Waals surface area contributed by atoms with E-state index in [1.165, 1.54) is 11.9 Å². The second-order valence-electron chi connectivity index (χ2n) is 11.1. The Kier molecular flexibility index (Phi) is 8.79. The third-order valence-corrected chi connectivity index (χ3v) is 8.41. The molecule has 10 heteroatoms. The van der Waals surface area contributed by atoms with E-state index in [1.54, 1.807) is 26.3 Å². The van der Waals surface area contributed by atoms with Crippen LogP contribution in [0.4, 0.5) is 14.9 Å². The molecule has 0 bridgehead atoms. The average molecular weight is 589 g/mol. The second kappa shape index (κ2) is 12.5. The molecule has 2 aliphatic rings. The number of halogens is 1. The summed E-state index contributed by atoms with van der Waals surface area (Å²) in [5.41, 5.74) is 6.17. The molecule has 4 amide bonds. The summed E-state index contributed by atoms with van der Waals surface area (Å²) in [6.07, 6.45) is 0.896. The van der Waals surface area contributed by atoms with Gasteiger partial charge in [-0.2, -0.15) is 0 Å². The number of imide groups is 1. The first-order chi connectivity index (χ1) is 20.6. The highest BCUT2D eigenvalue weighted by Crippen LogP contribution is 2.38. The number of amides is 4. The summed E-state index contributed by atoms with van der Waals surface area (Å²) in [7, 11) is 4.48.